The Bertz CT molecular complexity index is 1720. The van der Waals surface area contributed by atoms with Gasteiger partial charge in [0.15, 0.2) is 24.6 Å². The molecular weight excluding hydrogens is 565 g/mol. The monoisotopic (exact) mass is 587 g/mol. The van der Waals surface area contributed by atoms with Crippen LogP contribution in [0.2, 0.25) is 0 Å². The van der Waals surface area contributed by atoms with E-state index in [1.165, 1.54) is 0 Å². The highest BCUT2D eigenvalue weighted by Crippen LogP contribution is 2.42. The summed E-state index contributed by atoms with van der Waals surface area (Å²) in [4.78, 5) is 14.4. The first-order chi connectivity index (χ1) is 19.1. The molecule has 6 aromatic rings. The highest BCUT2D eigenvalue weighted by molar-refractivity contribution is 9.10. The fraction of sp³-hybridized carbons (Fsp3) is 0. The third kappa shape index (κ3) is 5.12. The third-order valence-corrected chi connectivity index (χ3v) is 10.1. The van der Waals surface area contributed by atoms with E-state index in [0.29, 0.717) is 17.5 Å². The molecule has 0 unspecified atom stereocenters. The number of hydrogen-bond donors (Lipinski definition) is 0. The van der Waals surface area contributed by atoms with E-state index in [2.05, 4.69) is 15.9 Å². The molecule has 0 fully saturated rings. The van der Waals surface area contributed by atoms with Crippen LogP contribution >= 0.6 is 23.1 Å². The molecule has 0 saturated heterocycles. The first-order valence-corrected chi connectivity index (χ1v) is 15.0. The Morgan fingerprint density at radius 3 is 1.18 bits per heavy atom. The lowest BCUT2D eigenvalue weighted by atomic mass is 10.1. The molecule has 6 heteroatoms. The van der Waals surface area contributed by atoms with Gasteiger partial charge in [0.1, 0.15) is 0 Å². The molecule has 0 bridgehead atoms. The summed E-state index contributed by atoms with van der Waals surface area (Å²) in [6.07, 6.45) is 0. The quantitative estimate of drug-likeness (QED) is 0.192. The van der Waals surface area contributed by atoms with E-state index in [1.54, 1.807) is 0 Å². The number of hydrogen-bond acceptors (Lipinski definition) is 4. The minimum atomic E-state index is -3.06. The zero-order valence-corrected chi connectivity index (χ0v) is 23.3. The van der Waals surface area contributed by atoms with Gasteiger partial charge in [-0.15, -0.1) is 0 Å². The molecule has 0 spiro atoms. The zero-order chi connectivity index (χ0) is 26.7. The lowest BCUT2D eigenvalue weighted by Gasteiger charge is -2.20. The second-order valence-electron chi connectivity index (χ2n) is 9.01. The molecule has 1 heterocycles. The van der Waals surface area contributed by atoms with Crippen LogP contribution in [0.25, 0.3) is 34.2 Å². The second-order valence-corrected chi connectivity index (χ2v) is 12.7. The smallest absolute Gasteiger partial charge is 0.171 e. The third-order valence-electron chi connectivity index (χ3n) is 6.50. The normalized spacial score (nSPS) is 11.3. The van der Waals surface area contributed by atoms with Crippen molar-refractivity contribution in [2.75, 3.05) is 0 Å². The summed E-state index contributed by atoms with van der Waals surface area (Å²) in [6, 6.07) is 44.9. The van der Waals surface area contributed by atoms with Crippen LogP contribution in [0.15, 0.2) is 144 Å². The molecule has 0 saturated carbocycles. The summed E-state index contributed by atoms with van der Waals surface area (Å²) in [5.74, 6) is 1.75. The maximum absolute atomic E-state index is 14.7. The van der Waals surface area contributed by atoms with Crippen molar-refractivity contribution in [1.29, 1.82) is 0 Å². The Balaban J connectivity index is 1.46. The van der Waals surface area contributed by atoms with Gasteiger partial charge >= 0.3 is 0 Å². The van der Waals surface area contributed by atoms with Gasteiger partial charge in [0.05, 0.1) is 0 Å². The van der Waals surface area contributed by atoms with Crippen molar-refractivity contribution in [2.24, 2.45) is 0 Å². The van der Waals surface area contributed by atoms with Crippen molar-refractivity contribution in [3.8, 4) is 34.2 Å². The van der Waals surface area contributed by atoms with Crippen LogP contribution < -0.4 is 15.9 Å². The van der Waals surface area contributed by atoms with Gasteiger partial charge in [-0.2, -0.15) is 0 Å². The Morgan fingerprint density at radius 1 is 0.410 bits per heavy atom. The molecule has 0 amide bonds. The van der Waals surface area contributed by atoms with E-state index < -0.39 is 7.14 Å². The van der Waals surface area contributed by atoms with Gasteiger partial charge in [-0.3, -0.25) is 0 Å². The van der Waals surface area contributed by atoms with Crippen LogP contribution in [0.4, 0.5) is 0 Å². The summed E-state index contributed by atoms with van der Waals surface area (Å²) in [5.41, 5.74) is 2.63. The van der Waals surface area contributed by atoms with Crippen LogP contribution in [0.1, 0.15) is 0 Å². The largest absolute Gasteiger partial charge is 0.309 e. The van der Waals surface area contributed by atoms with Crippen molar-refractivity contribution in [3.05, 3.63) is 144 Å². The van der Waals surface area contributed by atoms with Crippen LogP contribution in [0, 0.1) is 0 Å². The Labute approximate surface area is 236 Å². The maximum atomic E-state index is 14.7. The minimum Gasteiger partial charge on any atom is -0.309 e. The lowest BCUT2D eigenvalue weighted by molar-refractivity contribution is 0.592. The molecule has 4 nitrogen and oxygen atoms in total. The summed E-state index contributed by atoms with van der Waals surface area (Å²) in [6.45, 7) is 0. The molecule has 1 aromatic heterocycles. The number of rotatable bonds is 6. The van der Waals surface area contributed by atoms with E-state index in [-0.39, 0.29) is 0 Å². The summed E-state index contributed by atoms with van der Waals surface area (Å²) >= 11 is 3.50. The fourth-order valence-corrected chi connectivity index (χ4v) is 7.40. The van der Waals surface area contributed by atoms with Crippen LogP contribution in [-0.2, 0) is 4.57 Å². The highest BCUT2D eigenvalue weighted by Gasteiger charge is 2.29. The van der Waals surface area contributed by atoms with Crippen molar-refractivity contribution >= 4 is 39.0 Å². The second kappa shape index (κ2) is 10.9. The van der Waals surface area contributed by atoms with Crippen LogP contribution in [0.3, 0.4) is 0 Å². The lowest BCUT2D eigenvalue weighted by Crippen LogP contribution is -2.24. The molecule has 5 aromatic carbocycles. The van der Waals surface area contributed by atoms with E-state index in [0.717, 1.165) is 37.1 Å². The number of aromatic nitrogens is 3. The zero-order valence-electron chi connectivity index (χ0n) is 20.9. The molecule has 0 N–H and O–H groups in total. The molecule has 39 heavy (non-hydrogen) atoms. The summed E-state index contributed by atoms with van der Waals surface area (Å²) in [5, 5.41) is 2.36. The predicted molar refractivity (Wildman–Crippen MR) is 163 cm³/mol. The molecule has 0 aliphatic carbocycles. The molecule has 0 atom stereocenters. The van der Waals surface area contributed by atoms with E-state index >= 15 is 0 Å². The van der Waals surface area contributed by atoms with E-state index in [1.807, 2.05) is 140 Å². The van der Waals surface area contributed by atoms with Gasteiger partial charge in [-0.25, -0.2) is 15.0 Å². The van der Waals surface area contributed by atoms with Crippen LogP contribution in [0.5, 0.6) is 0 Å². The molecule has 0 radical (unpaired) electrons. The van der Waals surface area contributed by atoms with Crippen molar-refractivity contribution in [3.63, 3.8) is 0 Å². The summed E-state index contributed by atoms with van der Waals surface area (Å²) < 4.78 is 15.7. The predicted octanol–water partition coefficient (Wildman–Crippen LogP) is 7.27. The van der Waals surface area contributed by atoms with Crippen molar-refractivity contribution in [1.82, 2.24) is 15.0 Å². The molecular formula is C33H23BrN3OP. The number of nitrogens with zero attached hydrogens (tertiary/aromatic N) is 3. The van der Waals surface area contributed by atoms with Gasteiger partial charge in [-0.1, -0.05) is 143 Å². The standard InChI is InChI=1S/C33H23BrN3OP/c34-27-20-16-25(17-21-27)32-35-31(24-10-4-1-5-11-24)36-33(37-32)26-18-22-30(23-19-26)39(38,28-12-6-2-7-13-28)29-14-8-3-9-15-29/h1-23H. The molecule has 6 rings (SSSR count). The van der Waals surface area contributed by atoms with Crippen molar-refractivity contribution in [2.45, 2.75) is 0 Å². The molecule has 188 valence electrons. The van der Waals surface area contributed by atoms with Crippen molar-refractivity contribution < 1.29 is 4.57 Å². The fourth-order valence-electron chi connectivity index (χ4n) is 4.49. The molecule has 0 aliphatic rings. The van der Waals surface area contributed by atoms with Gasteiger partial charge in [0.2, 0.25) is 0 Å². The molecule has 0 aliphatic heterocycles. The first kappa shape index (κ1) is 25.1. The number of benzene rings is 5. The Hall–Kier alpha value is -4.18. The van der Waals surface area contributed by atoms with E-state index in [4.69, 9.17) is 15.0 Å². The average molecular weight is 588 g/mol. The Morgan fingerprint density at radius 2 is 0.744 bits per heavy atom. The average Bonchev–Trinajstić information content (AvgIpc) is 3.02. The van der Waals surface area contributed by atoms with E-state index in [9.17, 15) is 4.57 Å². The van der Waals surface area contributed by atoms with Gasteiger partial charge in [-0.05, 0) is 12.1 Å². The first-order valence-electron chi connectivity index (χ1n) is 12.5. The highest BCUT2D eigenvalue weighted by atomic mass is 79.9. The van der Waals surface area contributed by atoms with Gasteiger partial charge in [0.25, 0.3) is 0 Å². The minimum absolute atomic E-state index is 0.558. The van der Waals surface area contributed by atoms with Crippen LogP contribution in [-0.4, -0.2) is 15.0 Å². The number of halogens is 1. The van der Waals surface area contributed by atoms with Gasteiger partial charge in [0, 0.05) is 37.1 Å². The maximum Gasteiger partial charge on any atom is 0.171 e. The SMILES string of the molecule is O=P(c1ccccc1)(c1ccccc1)c1ccc(-c2nc(-c3ccccc3)nc(-c3ccc(Br)cc3)n2)cc1. The topological polar surface area (TPSA) is 55.7 Å². The van der Waals surface area contributed by atoms with Gasteiger partial charge < -0.3 is 4.57 Å². The Kier molecular flexibility index (Phi) is 7.02. The summed E-state index contributed by atoms with van der Waals surface area (Å²) in [7, 11) is -3.06.